The summed E-state index contributed by atoms with van der Waals surface area (Å²) in [5.41, 5.74) is 1.03. The summed E-state index contributed by atoms with van der Waals surface area (Å²) in [5.74, 6) is 4.11. The van der Waals surface area contributed by atoms with Crippen molar-refractivity contribution in [3.05, 3.63) is 0 Å². The second kappa shape index (κ2) is 6.27. The molecule has 4 unspecified atom stereocenters. The molecule has 1 N–H and O–H groups in total. The molecular weight excluding hydrogens is 308 g/mol. The van der Waals surface area contributed by atoms with Gasteiger partial charge in [0.1, 0.15) is 0 Å². The molecule has 142 valence electrons. The van der Waals surface area contributed by atoms with Crippen LogP contribution in [0.15, 0.2) is 0 Å². The number of aliphatic carboxylic acids is 1. The first-order valence-corrected chi connectivity index (χ1v) is 11.1. The van der Waals surface area contributed by atoms with E-state index in [1.807, 2.05) is 0 Å². The number of rotatable bonds is 3. The van der Waals surface area contributed by atoms with Gasteiger partial charge in [0.15, 0.2) is 0 Å². The highest BCUT2D eigenvalue weighted by molar-refractivity contribution is 5.67. The third kappa shape index (κ3) is 2.69. The largest absolute Gasteiger partial charge is 0.481 e. The van der Waals surface area contributed by atoms with E-state index in [9.17, 15) is 9.90 Å². The van der Waals surface area contributed by atoms with Crippen LogP contribution in [0.5, 0.6) is 0 Å². The highest BCUT2D eigenvalue weighted by Gasteiger charge is 2.60. The SMILES string of the molecule is CC(CC(=O)O)[C@H]1CCC2C3CC[C@@H]4CCCC[C@]4(C)C3CC[C@@]21C. The molecule has 0 saturated heterocycles. The predicted molar refractivity (Wildman–Crippen MR) is 101 cm³/mol. The van der Waals surface area contributed by atoms with Crippen molar-refractivity contribution in [3.63, 3.8) is 0 Å². The van der Waals surface area contributed by atoms with Crippen molar-refractivity contribution in [2.45, 2.75) is 91.4 Å². The maximum Gasteiger partial charge on any atom is 0.303 e. The van der Waals surface area contributed by atoms with E-state index in [1.54, 1.807) is 0 Å². The van der Waals surface area contributed by atoms with Crippen LogP contribution in [-0.4, -0.2) is 11.1 Å². The van der Waals surface area contributed by atoms with Gasteiger partial charge in [-0.2, -0.15) is 0 Å². The van der Waals surface area contributed by atoms with Gasteiger partial charge in [0.2, 0.25) is 0 Å². The third-order valence-corrected chi connectivity index (χ3v) is 9.84. The Morgan fingerprint density at radius 1 is 0.960 bits per heavy atom. The summed E-state index contributed by atoms with van der Waals surface area (Å²) in [6.45, 7) is 7.40. The minimum Gasteiger partial charge on any atom is -0.481 e. The van der Waals surface area contributed by atoms with Gasteiger partial charge < -0.3 is 5.11 Å². The molecule has 0 amide bonds. The zero-order valence-electron chi connectivity index (χ0n) is 16.6. The Kier molecular flexibility index (Phi) is 4.48. The topological polar surface area (TPSA) is 37.3 Å². The van der Waals surface area contributed by atoms with Gasteiger partial charge in [-0.1, -0.05) is 33.6 Å². The molecule has 0 bridgehead atoms. The molecule has 0 aromatic heterocycles. The summed E-state index contributed by atoms with van der Waals surface area (Å²) < 4.78 is 0. The zero-order chi connectivity index (χ0) is 17.8. The predicted octanol–water partition coefficient (Wildman–Crippen LogP) is 6.15. The smallest absolute Gasteiger partial charge is 0.303 e. The van der Waals surface area contributed by atoms with Crippen molar-refractivity contribution in [2.24, 2.45) is 46.3 Å². The number of carbonyl (C=O) groups is 1. The average molecular weight is 347 g/mol. The fourth-order valence-electron chi connectivity index (χ4n) is 8.69. The molecule has 8 atom stereocenters. The molecular formula is C23H38O2. The molecule has 4 saturated carbocycles. The molecule has 4 rings (SSSR count). The monoisotopic (exact) mass is 346 g/mol. The van der Waals surface area contributed by atoms with Crippen LogP contribution >= 0.6 is 0 Å². The lowest BCUT2D eigenvalue weighted by atomic mass is 9.44. The molecule has 0 radical (unpaired) electrons. The molecule has 2 nitrogen and oxygen atoms in total. The minimum absolute atomic E-state index is 0.339. The fraction of sp³-hybridized carbons (Fsp3) is 0.957. The standard InChI is InChI=1S/C23H38O2/c1-15(14-21(24)25)18-9-10-19-17-8-7-16-6-4-5-12-22(16,2)20(17)11-13-23(18,19)3/h15-20H,4-14H2,1-3H3,(H,24,25)/t15?,16-,17?,18+,19?,20?,22-,23+/m0/s1. The summed E-state index contributed by atoms with van der Waals surface area (Å²) in [4.78, 5) is 11.3. The summed E-state index contributed by atoms with van der Waals surface area (Å²) in [6.07, 6.45) is 14.6. The van der Waals surface area contributed by atoms with Crippen LogP contribution < -0.4 is 0 Å². The van der Waals surface area contributed by atoms with Crippen molar-refractivity contribution in [2.75, 3.05) is 0 Å². The Balaban J connectivity index is 1.56. The van der Waals surface area contributed by atoms with Gasteiger partial charge in [0, 0.05) is 6.42 Å². The van der Waals surface area contributed by atoms with E-state index in [1.165, 1.54) is 64.2 Å². The third-order valence-electron chi connectivity index (χ3n) is 9.84. The van der Waals surface area contributed by atoms with E-state index in [-0.39, 0.29) is 0 Å². The van der Waals surface area contributed by atoms with Gasteiger partial charge in [-0.25, -0.2) is 0 Å². The normalized spacial score (nSPS) is 50.4. The van der Waals surface area contributed by atoms with E-state index in [0.29, 0.717) is 29.1 Å². The van der Waals surface area contributed by atoms with Gasteiger partial charge in [0.05, 0.1) is 0 Å². The molecule has 4 aliphatic carbocycles. The summed E-state index contributed by atoms with van der Waals surface area (Å²) >= 11 is 0. The van der Waals surface area contributed by atoms with Crippen LogP contribution in [0.25, 0.3) is 0 Å². The molecule has 4 aliphatic rings. The number of carboxylic acids is 1. The van der Waals surface area contributed by atoms with E-state index in [0.717, 1.165) is 23.7 Å². The van der Waals surface area contributed by atoms with E-state index >= 15 is 0 Å². The lowest BCUT2D eigenvalue weighted by molar-refractivity contribution is -0.139. The Hall–Kier alpha value is -0.530. The summed E-state index contributed by atoms with van der Waals surface area (Å²) in [5, 5.41) is 9.27. The van der Waals surface area contributed by atoms with Gasteiger partial charge in [0.25, 0.3) is 0 Å². The second-order valence-corrected chi connectivity index (χ2v) is 10.7. The fourth-order valence-corrected chi connectivity index (χ4v) is 8.69. The van der Waals surface area contributed by atoms with Crippen LogP contribution in [-0.2, 0) is 4.79 Å². The maximum atomic E-state index is 11.3. The molecule has 0 aromatic carbocycles. The van der Waals surface area contributed by atoms with Crippen molar-refractivity contribution in [3.8, 4) is 0 Å². The van der Waals surface area contributed by atoms with E-state index in [2.05, 4.69) is 20.8 Å². The van der Waals surface area contributed by atoms with E-state index < -0.39 is 5.97 Å². The molecule has 2 heteroatoms. The quantitative estimate of drug-likeness (QED) is 0.666. The van der Waals surface area contributed by atoms with Crippen molar-refractivity contribution in [1.29, 1.82) is 0 Å². The highest BCUT2D eigenvalue weighted by Crippen LogP contribution is 2.68. The Bertz CT molecular complexity index is 528. The number of hydrogen-bond acceptors (Lipinski definition) is 1. The number of fused-ring (bicyclic) bond motifs is 5. The van der Waals surface area contributed by atoms with Crippen LogP contribution in [0, 0.1) is 46.3 Å². The lowest BCUT2D eigenvalue weighted by Gasteiger charge is -2.60. The second-order valence-electron chi connectivity index (χ2n) is 10.7. The first-order valence-electron chi connectivity index (χ1n) is 11.1. The van der Waals surface area contributed by atoms with Crippen molar-refractivity contribution in [1.82, 2.24) is 0 Å². The minimum atomic E-state index is -0.608. The Morgan fingerprint density at radius 3 is 2.48 bits per heavy atom. The number of carboxylic acid groups (broad SMARTS) is 1. The van der Waals surface area contributed by atoms with Crippen molar-refractivity contribution >= 4 is 5.97 Å². The van der Waals surface area contributed by atoms with Gasteiger partial charge in [-0.3, -0.25) is 4.79 Å². The number of hydrogen-bond donors (Lipinski definition) is 1. The maximum absolute atomic E-state index is 11.3. The van der Waals surface area contributed by atoms with E-state index in [4.69, 9.17) is 0 Å². The molecule has 0 aliphatic heterocycles. The Morgan fingerprint density at radius 2 is 1.72 bits per heavy atom. The average Bonchev–Trinajstić information content (AvgIpc) is 2.91. The molecule has 0 heterocycles. The van der Waals surface area contributed by atoms with Gasteiger partial charge >= 0.3 is 5.97 Å². The summed E-state index contributed by atoms with van der Waals surface area (Å²) in [6, 6.07) is 0. The molecule has 0 spiro atoms. The Labute approximate surface area is 154 Å². The first kappa shape index (κ1) is 17.9. The highest BCUT2D eigenvalue weighted by atomic mass is 16.4. The molecule has 0 aromatic rings. The molecule has 25 heavy (non-hydrogen) atoms. The van der Waals surface area contributed by atoms with Gasteiger partial charge in [-0.05, 0) is 97.7 Å². The molecule has 4 fully saturated rings. The summed E-state index contributed by atoms with van der Waals surface area (Å²) in [7, 11) is 0. The van der Waals surface area contributed by atoms with Crippen LogP contribution in [0.1, 0.15) is 91.4 Å². The van der Waals surface area contributed by atoms with Gasteiger partial charge in [-0.15, -0.1) is 0 Å². The first-order chi connectivity index (χ1) is 11.9. The van der Waals surface area contributed by atoms with Crippen molar-refractivity contribution < 1.29 is 9.90 Å². The zero-order valence-corrected chi connectivity index (χ0v) is 16.6. The van der Waals surface area contributed by atoms with Crippen LogP contribution in [0.4, 0.5) is 0 Å². The lowest BCUT2D eigenvalue weighted by Crippen LogP contribution is -2.53. The van der Waals surface area contributed by atoms with Crippen LogP contribution in [0.3, 0.4) is 0 Å². The van der Waals surface area contributed by atoms with Crippen LogP contribution in [0.2, 0.25) is 0 Å².